The van der Waals surface area contributed by atoms with Gasteiger partial charge in [0.2, 0.25) is 0 Å². The molecule has 0 bridgehead atoms. The Labute approximate surface area is 117 Å². The highest BCUT2D eigenvalue weighted by Crippen LogP contribution is 2.34. The van der Waals surface area contributed by atoms with E-state index in [9.17, 15) is 0 Å². The maximum atomic E-state index is 5.92. The summed E-state index contributed by atoms with van der Waals surface area (Å²) in [7, 11) is 0. The molecule has 2 heteroatoms. The molecule has 1 heterocycles. The second-order valence-corrected chi connectivity index (χ2v) is 6.17. The molecule has 2 rings (SSSR count). The fourth-order valence-corrected chi connectivity index (χ4v) is 2.54. The SMILES string of the molecule is Cc1cccc2c1OCCCC2NCC(C)C(C)C. The van der Waals surface area contributed by atoms with Gasteiger partial charge in [-0.1, -0.05) is 39.0 Å². The van der Waals surface area contributed by atoms with Crippen molar-refractivity contribution >= 4 is 0 Å². The van der Waals surface area contributed by atoms with Gasteiger partial charge in [-0.3, -0.25) is 0 Å². The summed E-state index contributed by atoms with van der Waals surface area (Å²) in [5.74, 6) is 2.54. The van der Waals surface area contributed by atoms with Crippen molar-refractivity contribution in [3.05, 3.63) is 29.3 Å². The molecule has 2 nitrogen and oxygen atoms in total. The summed E-state index contributed by atoms with van der Waals surface area (Å²) >= 11 is 0. The number of para-hydroxylation sites is 1. The number of aryl methyl sites for hydroxylation is 1. The first-order valence-electron chi connectivity index (χ1n) is 7.55. The summed E-state index contributed by atoms with van der Waals surface area (Å²) in [5, 5.41) is 3.75. The second kappa shape index (κ2) is 6.42. The van der Waals surface area contributed by atoms with Crippen molar-refractivity contribution in [2.75, 3.05) is 13.2 Å². The number of fused-ring (bicyclic) bond motifs is 1. The second-order valence-electron chi connectivity index (χ2n) is 6.17. The molecular weight excluding hydrogens is 234 g/mol. The van der Waals surface area contributed by atoms with E-state index in [0.29, 0.717) is 12.0 Å². The Morgan fingerprint density at radius 3 is 2.84 bits per heavy atom. The van der Waals surface area contributed by atoms with Crippen LogP contribution in [0.5, 0.6) is 5.75 Å². The minimum Gasteiger partial charge on any atom is -0.493 e. The zero-order chi connectivity index (χ0) is 13.8. The Balaban J connectivity index is 2.11. The predicted molar refractivity (Wildman–Crippen MR) is 80.7 cm³/mol. The number of ether oxygens (including phenoxy) is 1. The molecule has 0 fully saturated rings. The molecule has 2 atom stereocenters. The molecule has 1 aromatic carbocycles. The Morgan fingerprint density at radius 2 is 2.11 bits per heavy atom. The molecule has 0 spiro atoms. The van der Waals surface area contributed by atoms with Crippen molar-refractivity contribution in [2.24, 2.45) is 11.8 Å². The van der Waals surface area contributed by atoms with Crippen LogP contribution >= 0.6 is 0 Å². The van der Waals surface area contributed by atoms with E-state index in [1.54, 1.807) is 0 Å². The van der Waals surface area contributed by atoms with Gasteiger partial charge in [-0.15, -0.1) is 0 Å². The molecule has 1 aromatic rings. The first kappa shape index (κ1) is 14.4. The average molecular weight is 261 g/mol. The van der Waals surface area contributed by atoms with Crippen LogP contribution in [-0.4, -0.2) is 13.2 Å². The minimum absolute atomic E-state index is 0.443. The zero-order valence-electron chi connectivity index (χ0n) is 12.7. The first-order valence-corrected chi connectivity index (χ1v) is 7.55. The van der Waals surface area contributed by atoms with Crippen molar-refractivity contribution in [3.8, 4) is 5.75 Å². The summed E-state index contributed by atoms with van der Waals surface area (Å²) in [6.45, 7) is 11.0. The van der Waals surface area contributed by atoms with Crippen molar-refractivity contribution in [3.63, 3.8) is 0 Å². The van der Waals surface area contributed by atoms with E-state index < -0.39 is 0 Å². The standard InChI is InChI=1S/C17H27NO/c1-12(2)14(4)11-18-16-9-6-10-19-17-13(3)7-5-8-15(16)17/h5,7-8,12,14,16,18H,6,9-11H2,1-4H3. The molecule has 0 aromatic heterocycles. The lowest BCUT2D eigenvalue weighted by molar-refractivity contribution is 0.312. The fourth-order valence-electron chi connectivity index (χ4n) is 2.54. The van der Waals surface area contributed by atoms with Gasteiger partial charge in [-0.25, -0.2) is 0 Å². The molecule has 1 aliphatic rings. The lowest BCUT2D eigenvalue weighted by Crippen LogP contribution is -2.28. The molecule has 1 N–H and O–H groups in total. The van der Waals surface area contributed by atoms with Crippen molar-refractivity contribution in [2.45, 2.75) is 46.6 Å². The van der Waals surface area contributed by atoms with Gasteiger partial charge in [0.15, 0.2) is 0 Å². The molecule has 0 saturated carbocycles. The quantitative estimate of drug-likeness (QED) is 0.881. The van der Waals surface area contributed by atoms with Crippen molar-refractivity contribution in [1.82, 2.24) is 5.32 Å². The lowest BCUT2D eigenvalue weighted by atomic mass is 9.95. The molecule has 106 valence electrons. The number of nitrogens with one attached hydrogen (secondary N) is 1. The third kappa shape index (κ3) is 3.50. The highest BCUT2D eigenvalue weighted by molar-refractivity contribution is 5.43. The monoisotopic (exact) mass is 261 g/mol. The molecule has 19 heavy (non-hydrogen) atoms. The van der Waals surface area contributed by atoms with Crippen molar-refractivity contribution in [1.29, 1.82) is 0 Å². The van der Waals surface area contributed by atoms with Crippen LogP contribution in [0.15, 0.2) is 18.2 Å². The zero-order valence-corrected chi connectivity index (χ0v) is 12.7. The minimum atomic E-state index is 0.443. The van der Waals surface area contributed by atoms with E-state index >= 15 is 0 Å². The highest BCUT2D eigenvalue weighted by Gasteiger charge is 2.21. The van der Waals surface area contributed by atoms with E-state index in [4.69, 9.17) is 4.74 Å². The summed E-state index contributed by atoms with van der Waals surface area (Å²) in [4.78, 5) is 0. The molecule has 0 amide bonds. The Morgan fingerprint density at radius 1 is 1.32 bits per heavy atom. The van der Waals surface area contributed by atoms with Gasteiger partial charge in [0, 0.05) is 11.6 Å². The summed E-state index contributed by atoms with van der Waals surface area (Å²) in [5.41, 5.74) is 2.59. The van der Waals surface area contributed by atoms with E-state index in [0.717, 1.165) is 31.2 Å². The number of benzene rings is 1. The molecule has 0 aliphatic carbocycles. The van der Waals surface area contributed by atoms with E-state index in [1.165, 1.54) is 17.5 Å². The fraction of sp³-hybridized carbons (Fsp3) is 0.647. The van der Waals surface area contributed by atoms with Crippen LogP contribution in [0, 0.1) is 18.8 Å². The number of rotatable bonds is 4. The molecule has 1 aliphatic heterocycles. The smallest absolute Gasteiger partial charge is 0.126 e. The lowest BCUT2D eigenvalue weighted by Gasteiger charge is -2.23. The maximum absolute atomic E-state index is 5.92. The van der Waals surface area contributed by atoms with E-state index in [2.05, 4.69) is 51.2 Å². The number of hydrogen-bond acceptors (Lipinski definition) is 2. The summed E-state index contributed by atoms with van der Waals surface area (Å²) in [6.07, 6.45) is 2.29. The van der Waals surface area contributed by atoms with Crippen LogP contribution in [0.2, 0.25) is 0 Å². The average Bonchev–Trinajstić information content (AvgIpc) is 2.59. The van der Waals surface area contributed by atoms with Crippen LogP contribution in [0.1, 0.15) is 50.8 Å². The van der Waals surface area contributed by atoms with E-state index in [-0.39, 0.29) is 0 Å². The Bertz CT molecular complexity index is 414. The predicted octanol–water partition coefficient (Wildman–Crippen LogP) is 4.09. The van der Waals surface area contributed by atoms with Crippen LogP contribution in [-0.2, 0) is 0 Å². The van der Waals surface area contributed by atoms with Crippen LogP contribution in [0.4, 0.5) is 0 Å². The van der Waals surface area contributed by atoms with Gasteiger partial charge in [0.05, 0.1) is 6.61 Å². The van der Waals surface area contributed by atoms with Crippen LogP contribution in [0.3, 0.4) is 0 Å². The Hall–Kier alpha value is -1.02. The Kier molecular flexibility index (Phi) is 4.87. The molecule has 2 unspecified atom stereocenters. The van der Waals surface area contributed by atoms with Gasteiger partial charge < -0.3 is 10.1 Å². The first-order chi connectivity index (χ1) is 9.09. The van der Waals surface area contributed by atoms with Gasteiger partial charge in [0.1, 0.15) is 5.75 Å². The van der Waals surface area contributed by atoms with Gasteiger partial charge in [-0.05, 0) is 43.7 Å². The van der Waals surface area contributed by atoms with Crippen LogP contribution in [0.25, 0.3) is 0 Å². The van der Waals surface area contributed by atoms with Crippen LogP contribution < -0.4 is 10.1 Å². The van der Waals surface area contributed by atoms with Crippen molar-refractivity contribution < 1.29 is 4.74 Å². The molecular formula is C17H27NO. The maximum Gasteiger partial charge on any atom is 0.126 e. The normalized spacial score (nSPS) is 20.6. The third-order valence-corrected chi connectivity index (χ3v) is 4.33. The summed E-state index contributed by atoms with van der Waals surface area (Å²) in [6, 6.07) is 6.94. The van der Waals surface area contributed by atoms with Gasteiger partial charge in [-0.2, -0.15) is 0 Å². The molecule has 0 saturated heterocycles. The van der Waals surface area contributed by atoms with E-state index in [1.807, 2.05) is 0 Å². The third-order valence-electron chi connectivity index (χ3n) is 4.33. The highest BCUT2D eigenvalue weighted by atomic mass is 16.5. The number of hydrogen-bond donors (Lipinski definition) is 1. The van der Waals surface area contributed by atoms with Gasteiger partial charge in [0.25, 0.3) is 0 Å². The van der Waals surface area contributed by atoms with Gasteiger partial charge >= 0.3 is 0 Å². The summed E-state index contributed by atoms with van der Waals surface area (Å²) < 4.78 is 5.92. The molecule has 0 radical (unpaired) electrons. The largest absolute Gasteiger partial charge is 0.493 e. The topological polar surface area (TPSA) is 21.3 Å².